The van der Waals surface area contributed by atoms with E-state index in [0.717, 1.165) is 33.2 Å². The Labute approximate surface area is 269 Å². The van der Waals surface area contributed by atoms with Crippen molar-refractivity contribution >= 4 is 55.8 Å². The Hall–Kier alpha value is -4.87. The summed E-state index contributed by atoms with van der Waals surface area (Å²) in [6, 6.07) is 25.3. The van der Waals surface area contributed by atoms with E-state index in [0.29, 0.717) is 37.1 Å². The smallest absolute Gasteiger partial charge is 0.338 e. The number of esters is 1. The minimum absolute atomic E-state index is 0.0888. The van der Waals surface area contributed by atoms with Gasteiger partial charge in [0.1, 0.15) is 6.61 Å². The van der Waals surface area contributed by atoms with Crippen molar-refractivity contribution in [2.45, 2.75) is 26.0 Å². The van der Waals surface area contributed by atoms with Crippen molar-refractivity contribution < 1.29 is 19.2 Å². The first-order valence-corrected chi connectivity index (χ1v) is 15.7. The van der Waals surface area contributed by atoms with E-state index in [1.807, 2.05) is 79.7 Å². The molecule has 0 spiro atoms. The van der Waals surface area contributed by atoms with Gasteiger partial charge in [-0.3, -0.25) is 19.5 Å². The molecule has 1 aromatic heterocycles. The van der Waals surface area contributed by atoms with Crippen LogP contribution in [0.3, 0.4) is 0 Å². The number of carbonyl (C=O) groups is 1. The van der Waals surface area contributed by atoms with Crippen LogP contribution in [0.25, 0.3) is 16.8 Å². The highest BCUT2D eigenvalue weighted by Gasteiger charge is 2.33. The molecule has 1 aliphatic rings. The van der Waals surface area contributed by atoms with Gasteiger partial charge < -0.3 is 9.47 Å². The third kappa shape index (κ3) is 5.72. The van der Waals surface area contributed by atoms with Crippen LogP contribution in [0.1, 0.15) is 36.1 Å². The lowest BCUT2D eigenvalue weighted by Crippen LogP contribution is -2.40. The number of nitrogens with zero attached hydrogens (tertiary/aromatic N) is 3. The fourth-order valence-electron chi connectivity index (χ4n) is 5.50. The van der Waals surface area contributed by atoms with E-state index in [1.54, 1.807) is 12.1 Å². The predicted octanol–water partition coefficient (Wildman–Crippen LogP) is 6.20. The summed E-state index contributed by atoms with van der Waals surface area (Å²) >= 11 is 4.62. The lowest BCUT2D eigenvalue weighted by Gasteiger charge is -2.25. The molecule has 6 rings (SSSR count). The molecule has 0 saturated heterocycles. The van der Waals surface area contributed by atoms with Crippen molar-refractivity contribution in [3.8, 4) is 5.75 Å². The van der Waals surface area contributed by atoms with Crippen LogP contribution in [-0.2, 0) is 16.1 Å². The SMILES string of the molecule is CCC1=C(C(=O)OC)[C@@H](c2ccccc2)n2c(s/c(=C/c3cc(Br)c(OCc4cccc5ccccc45)c([N+](=O)[O-])c3)c2=O)=N1. The monoisotopic (exact) mass is 683 g/mol. The quantitative estimate of drug-likeness (QED) is 0.109. The van der Waals surface area contributed by atoms with Gasteiger partial charge in [0.05, 0.1) is 38.4 Å². The number of nitro groups is 1. The molecule has 0 unspecified atom stereocenters. The van der Waals surface area contributed by atoms with Gasteiger partial charge in [-0.1, -0.05) is 91.1 Å². The molecule has 0 radical (unpaired) electrons. The largest absolute Gasteiger partial charge is 0.481 e. The number of rotatable bonds is 8. The van der Waals surface area contributed by atoms with Crippen molar-refractivity contribution in [3.63, 3.8) is 0 Å². The molecular formula is C34H26BrN3O6S. The number of methoxy groups -OCH3 is 1. The fraction of sp³-hybridized carbons (Fsp3) is 0.147. The van der Waals surface area contributed by atoms with Gasteiger partial charge in [0.25, 0.3) is 5.56 Å². The summed E-state index contributed by atoms with van der Waals surface area (Å²) in [6.45, 7) is 2.01. The number of carbonyl (C=O) groups excluding carboxylic acids is 1. The van der Waals surface area contributed by atoms with E-state index >= 15 is 0 Å². The lowest BCUT2D eigenvalue weighted by molar-refractivity contribution is -0.386. The second-order valence-corrected chi connectivity index (χ2v) is 12.1. The molecule has 4 aromatic carbocycles. The number of nitro benzene ring substituents is 1. The van der Waals surface area contributed by atoms with Crippen LogP contribution in [0.15, 0.2) is 110 Å². The van der Waals surface area contributed by atoms with Crippen LogP contribution in [0.5, 0.6) is 5.75 Å². The van der Waals surface area contributed by atoms with E-state index < -0.39 is 16.9 Å². The molecule has 5 aromatic rings. The molecule has 0 aliphatic carbocycles. The summed E-state index contributed by atoms with van der Waals surface area (Å²) < 4.78 is 13.3. The van der Waals surface area contributed by atoms with Gasteiger partial charge in [0, 0.05) is 6.07 Å². The highest BCUT2D eigenvalue weighted by Crippen LogP contribution is 2.38. The maximum absolute atomic E-state index is 13.9. The summed E-state index contributed by atoms with van der Waals surface area (Å²) in [6.07, 6.45) is 2.05. The molecule has 2 heterocycles. The summed E-state index contributed by atoms with van der Waals surface area (Å²) in [5.41, 5.74) is 2.27. The average Bonchev–Trinajstić information content (AvgIpc) is 3.36. The molecule has 1 atom stereocenters. The molecule has 0 bridgehead atoms. The van der Waals surface area contributed by atoms with Gasteiger partial charge >= 0.3 is 11.7 Å². The van der Waals surface area contributed by atoms with E-state index in [2.05, 4.69) is 20.9 Å². The topological polar surface area (TPSA) is 113 Å². The number of hydrogen-bond donors (Lipinski definition) is 0. The normalized spacial score (nSPS) is 14.6. The van der Waals surface area contributed by atoms with Crippen LogP contribution >= 0.6 is 27.3 Å². The summed E-state index contributed by atoms with van der Waals surface area (Å²) in [5, 5.41) is 14.2. The Morgan fingerprint density at radius 1 is 1.09 bits per heavy atom. The molecule has 0 N–H and O–H groups in total. The zero-order valence-corrected chi connectivity index (χ0v) is 26.6. The highest BCUT2D eigenvalue weighted by molar-refractivity contribution is 9.10. The third-order valence-electron chi connectivity index (χ3n) is 7.56. The van der Waals surface area contributed by atoms with E-state index in [9.17, 15) is 19.7 Å². The fourth-order valence-corrected chi connectivity index (χ4v) is 7.10. The highest BCUT2D eigenvalue weighted by atomic mass is 79.9. The Bertz CT molecular complexity index is 2180. The summed E-state index contributed by atoms with van der Waals surface area (Å²) in [4.78, 5) is 43.7. The number of halogens is 1. The number of ether oxygens (including phenoxy) is 2. The molecule has 11 heteroatoms. The Morgan fingerprint density at radius 3 is 2.56 bits per heavy atom. The first-order valence-electron chi connectivity index (χ1n) is 14.1. The number of allylic oxidation sites excluding steroid dienone is 1. The number of aromatic nitrogens is 1. The van der Waals surface area contributed by atoms with Crippen LogP contribution in [0, 0.1) is 10.1 Å². The predicted molar refractivity (Wildman–Crippen MR) is 176 cm³/mol. The van der Waals surface area contributed by atoms with Crippen molar-refractivity contribution in [1.82, 2.24) is 4.57 Å². The molecule has 226 valence electrons. The minimum atomic E-state index is -0.738. The van der Waals surface area contributed by atoms with Gasteiger partial charge in [0.2, 0.25) is 5.75 Å². The Morgan fingerprint density at radius 2 is 1.82 bits per heavy atom. The van der Waals surface area contributed by atoms with Gasteiger partial charge in [0.15, 0.2) is 4.80 Å². The van der Waals surface area contributed by atoms with Crippen LogP contribution in [0.4, 0.5) is 5.69 Å². The number of fused-ring (bicyclic) bond motifs is 2. The van der Waals surface area contributed by atoms with Crippen LogP contribution in [0.2, 0.25) is 0 Å². The maximum Gasteiger partial charge on any atom is 0.338 e. The van der Waals surface area contributed by atoms with Gasteiger partial charge in [-0.2, -0.15) is 0 Å². The summed E-state index contributed by atoms with van der Waals surface area (Å²) in [5.74, 6) is -0.469. The van der Waals surface area contributed by atoms with Gasteiger partial charge in [-0.15, -0.1) is 0 Å². The first-order chi connectivity index (χ1) is 21.8. The maximum atomic E-state index is 13.9. The first kappa shape index (κ1) is 30.2. The number of hydrogen-bond acceptors (Lipinski definition) is 8. The Kier molecular flexibility index (Phi) is 8.46. The average molecular weight is 685 g/mol. The molecule has 0 amide bonds. The summed E-state index contributed by atoms with van der Waals surface area (Å²) in [7, 11) is 1.30. The van der Waals surface area contributed by atoms with Crippen LogP contribution < -0.4 is 19.6 Å². The zero-order chi connectivity index (χ0) is 31.7. The third-order valence-corrected chi connectivity index (χ3v) is 9.13. The molecule has 1 aliphatic heterocycles. The number of thiazole rings is 1. The standard InChI is InChI=1S/C34H26BrN3O6S/c1-3-26-29(33(40)43-2)30(22-11-5-4-6-12-22)37-32(39)28(45-34(37)36-26)18-20-16-25(35)31(27(17-20)38(41)42)44-19-23-14-9-13-21-10-7-8-15-24(21)23/h4-18,30H,3,19H2,1-2H3/b28-18+/t30-/m1/s1. The molecule has 0 saturated carbocycles. The van der Waals surface area contributed by atoms with E-state index in [-0.39, 0.29) is 23.6 Å². The lowest BCUT2D eigenvalue weighted by atomic mass is 9.95. The number of benzene rings is 4. The van der Waals surface area contributed by atoms with Crippen molar-refractivity contribution in [2.75, 3.05) is 7.11 Å². The zero-order valence-electron chi connectivity index (χ0n) is 24.2. The van der Waals surface area contributed by atoms with Crippen LogP contribution in [-0.4, -0.2) is 22.6 Å². The molecule has 0 fully saturated rings. The second-order valence-electron chi connectivity index (χ2n) is 10.2. The minimum Gasteiger partial charge on any atom is -0.481 e. The second kappa shape index (κ2) is 12.6. The van der Waals surface area contributed by atoms with Gasteiger partial charge in [-0.25, -0.2) is 9.79 Å². The van der Waals surface area contributed by atoms with Crippen molar-refractivity contribution in [3.05, 3.63) is 147 Å². The van der Waals surface area contributed by atoms with Gasteiger partial charge in [-0.05, 0) is 62.0 Å². The van der Waals surface area contributed by atoms with Crippen molar-refractivity contribution in [2.24, 2.45) is 4.99 Å². The van der Waals surface area contributed by atoms with Crippen molar-refractivity contribution in [1.29, 1.82) is 0 Å². The van der Waals surface area contributed by atoms with E-state index in [4.69, 9.17) is 9.47 Å². The molecular weight excluding hydrogens is 658 g/mol. The molecule has 45 heavy (non-hydrogen) atoms. The Balaban J connectivity index is 1.43. The van der Waals surface area contributed by atoms with E-state index in [1.165, 1.54) is 17.7 Å². The molecule has 9 nitrogen and oxygen atoms in total.